The summed E-state index contributed by atoms with van der Waals surface area (Å²) in [4.78, 5) is 5.33. The van der Waals surface area contributed by atoms with Crippen molar-refractivity contribution in [2.75, 3.05) is 4.90 Å². The van der Waals surface area contributed by atoms with E-state index in [0.717, 1.165) is 0 Å². The van der Waals surface area contributed by atoms with Crippen LogP contribution in [0.5, 0.6) is 0 Å². The Hall–Kier alpha value is -2.19. The largest absolute Gasteiger partial charge is 0.307 e. The summed E-state index contributed by atoms with van der Waals surface area (Å²) in [5, 5.41) is 0. The first-order valence-electron chi connectivity index (χ1n) is 9.31. The highest BCUT2D eigenvalue weighted by atomic mass is 32.2. The van der Waals surface area contributed by atoms with Gasteiger partial charge in [0.1, 0.15) is 0 Å². The summed E-state index contributed by atoms with van der Waals surface area (Å²) >= 11 is 1.93. The summed E-state index contributed by atoms with van der Waals surface area (Å²) in [5.74, 6) is 0. The van der Waals surface area contributed by atoms with Crippen molar-refractivity contribution in [1.29, 1.82) is 0 Å². The second-order valence-electron chi connectivity index (χ2n) is 8.69. The van der Waals surface area contributed by atoms with Crippen LogP contribution in [-0.2, 0) is 10.8 Å². The third kappa shape index (κ3) is 1.48. The van der Waals surface area contributed by atoms with Gasteiger partial charge in [0.05, 0.1) is 17.1 Å². The molecule has 3 aromatic carbocycles. The number of nitrogens with zero attached hydrogens (tertiary/aromatic N) is 1. The molecule has 6 rings (SSSR count). The third-order valence-electron chi connectivity index (χ3n) is 6.62. The number of para-hydroxylation sites is 3. The van der Waals surface area contributed by atoms with Gasteiger partial charge in [-0.25, -0.2) is 0 Å². The lowest BCUT2D eigenvalue weighted by Crippen LogP contribution is -2.39. The minimum absolute atomic E-state index is 0.00755. The molecule has 0 aliphatic carbocycles. The van der Waals surface area contributed by atoms with Crippen LogP contribution in [0.2, 0.25) is 0 Å². The van der Waals surface area contributed by atoms with Crippen LogP contribution in [-0.4, -0.2) is 0 Å². The lowest BCUT2D eigenvalue weighted by atomic mass is 9.66. The lowest BCUT2D eigenvalue weighted by molar-refractivity contribution is 0.592. The van der Waals surface area contributed by atoms with Crippen molar-refractivity contribution in [2.24, 2.45) is 0 Å². The Balaban J connectivity index is 1.86. The smallest absolute Gasteiger partial charge is 0.0642 e. The van der Waals surface area contributed by atoms with E-state index in [1.807, 2.05) is 11.8 Å². The zero-order valence-electron chi connectivity index (χ0n) is 15.6. The second-order valence-corrected chi connectivity index (χ2v) is 9.78. The van der Waals surface area contributed by atoms with Crippen LogP contribution >= 0.6 is 11.8 Å². The fourth-order valence-corrected chi connectivity index (χ4v) is 6.34. The number of anilines is 3. The fraction of sp³-hybridized carbons (Fsp3) is 0.250. The van der Waals surface area contributed by atoms with Crippen molar-refractivity contribution < 1.29 is 0 Å². The van der Waals surface area contributed by atoms with E-state index >= 15 is 0 Å². The molecule has 0 radical (unpaired) electrons. The summed E-state index contributed by atoms with van der Waals surface area (Å²) in [6.07, 6.45) is 0. The molecule has 0 spiro atoms. The zero-order valence-corrected chi connectivity index (χ0v) is 16.4. The Morgan fingerprint density at radius 3 is 1.42 bits per heavy atom. The van der Waals surface area contributed by atoms with Gasteiger partial charge in [-0.15, -0.1) is 0 Å². The molecule has 1 nitrogen and oxygen atoms in total. The van der Waals surface area contributed by atoms with Crippen LogP contribution in [0.15, 0.2) is 64.4 Å². The number of benzene rings is 3. The molecule has 0 atom stereocenters. The first-order chi connectivity index (χ1) is 12.4. The minimum Gasteiger partial charge on any atom is -0.307 e. The topological polar surface area (TPSA) is 3.24 Å². The van der Waals surface area contributed by atoms with Crippen molar-refractivity contribution in [1.82, 2.24) is 0 Å². The summed E-state index contributed by atoms with van der Waals surface area (Å²) < 4.78 is 0. The fourth-order valence-electron chi connectivity index (χ4n) is 5.22. The van der Waals surface area contributed by atoms with Gasteiger partial charge >= 0.3 is 0 Å². The van der Waals surface area contributed by atoms with Gasteiger partial charge in [0, 0.05) is 20.6 Å². The van der Waals surface area contributed by atoms with Crippen molar-refractivity contribution >= 4 is 28.8 Å². The molecule has 26 heavy (non-hydrogen) atoms. The highest BCUT2D eigenvalue weighted by molar-refractivity contribution is 7.99. The molecule has 0 fully saturated rings. The summed E-state index contributed by atoms with van der Waals surface area (Å²) in [6, 6.07) is 20.6. The third-order valence-corrected chi connectivity index (χ3v) is 7.72. The summed E-state index contributed by atoms with van der Waals surface area (Å²) in [5.41, 5.74) is 10.00. The van der Waals surface area contributed by atoms with Gasteiger partial charge in [-0.2, -0.15) is 0 Å². The Kier molecular flexibility index (Phi) is 2.51. The summed E-state index contributed by atoms with van der Waals surface area (Å²) in [6.45, 7) is 9.51. The van der Waals surface area contributed by atoms with Gasteiger partial charge in [0.2, 0.25) is 0 Å². The van der Waals surface area contributed by atoms with E-state index < -0.39 is 0 Å². The molecule has 3 aromatic rings. The van der Waals surface area contributed by atoms with E-state index in [2.05, 4.69) is 87.2 Å². The van der Waals surface area contributed by atoms with Crippen LogP contribution in [0.25, 0.3) is 0 Å². The van der Waals surface area contributed by atoms with Crippen molar-refractivity contribution in [3.8, 4) is 0 Å². The molecule has 0 amide bonds. The average molecular weight is 356 g/mol. The van der Waals surface area contributed by atoms with Crippen LogP contribution in [0.3, 0.4) is 0 Å². The Labute approximate surface area is 159 Å². The van der Waals surface area contributed by atoms with Gasteiger partial charge in [0.25, 0.3) is 0 Å². The number of hydrogen-bond acceptors (Lipinski definition) is 2. The van der Waals surface area contributed by atoms with Crippen LogP contribution < -0.4 is 4.90 Å². The van der Waals surface area contributed by atoms with Crippen LogP contribution in [0.1, 0.15) is 49.9 Å². The highest BCUT2D eigenvalue weighted by Crippen LogP contribution is 2.65. The van der Waals surface area contributed by atoms with E-state index in [0.29, 0.717) is 0 Å². The van der Waals surface area contributed by atoms with Gasteiger partial charge < -0.3 is 4.90 Å². The maximum Gasteiger partial charge on any atom is 0.0642 e. The molecule has 0 saturated heterocycles. The Morgan fingerprint density at radius 1 is 0.577 bits per heavy atom. The van der Waals surface area contributed by atoms with Crippen molar-refractivity contribution in [3.05, 3.63) is 76.9 Å². The van der Waals surface area contributed by atoms with Crippen LogP contribution in [0.4, 0.5) is 17.1 Å². The van der Waals surface area contributed by atoms with E-state index in [4.69, 9.17) is 0 Å². The predicted octanol–water partition coefficient (Wildman–Crippen LogP) is 6.90. The normalized spacial score (nSPS) is 19.2. The monoisotopic (exact) mass is 355 g/mol. The van der Waals surface area contributed by atoms with Crippen molar-refractivity contribution in [2.45, 2.75) is 48.3 Å². The lowest BCUT2D eigenvalue weighted by Gasteiger charge is -2.51. The molecule has 0 N–H and O–H groups in total. The molecule has 2 heteroatoms. The molecule has 3 aliphatic rings. The molecule has 0 aromatic heterocycles. The Morgan fingerprint density at radius 2 is 0.962 bits per heavy atom. The first-order valence-corrected chi connectivity index (χ1v) is 10.1. The van der Waals surface area contributed by atoms with Gasteiger partial charge in [-0.3, -0.25) is 0 Å². The molecular formula is C24H21NS. The Bertz CT molecular complexity index is 1040. The standard InChI is InChI=1S/C24H21NS/c1-23(2)14-8-5-9-15-20(14)25-21-16(23)10-6-12-18(21)26-19-13-7-11-17(22(19)25)24(15,3)4/h5-13H,1-4H3. The summed E-state index contributed by atoms with van der Waals surface area (Å²) in [7, 11) is 0. The van der Waals surface area contributed by atoms with Gasteiger partial charge in [-0.1, -0.05) is 81.9 Å². The quantitative estimate of drug-likeness (QED) is 0.337. The minimum atomic E-state index is 0.00755. The maximum absolute atomic E-state index is 2.58. The predicted molar refractivity (Wildman–Crippen MR) is 110 cm³/mol. The van der Waals surface area contributed by atoms with Crippen LogP contribution in [0, 0.1) is 0 Å². The molecule has 0 bridgehead atoms. The molecule has 0 unspecified atom stereocenters. The van der Waals surface area contributed by atoms with Gasteiger partial charge in [0.15, 0.2) is 0 Å². The average Bonchev–Trinajstić information content (AvgIpc) is 2.63. The SMILES string of the molecule is CC1(C)c2cccc3c2N2c4c(cccc4C(C)(C)c4cccc1c42)S3. The zero-order chi connectivity index (χ0) is 17.8. The van der Waals surface area contributed by atoms with E-state index in [1.54, 1.807) is 0 Å². The first kappa shape index (κ1) is 14.9. The molecule has 128 valence electrons. The second kappa shape index (κ2) is 4.37. The van der Waals surface area contributed by atoms with E-state index in [-0.39, 0.29) is 10.8 Å². The van der Waals surface area contributed by atoms with Gasteiger partial charge in [-0.05, 0) is 34.4 Å². The number of rotatable bonds is 0. The van der Waals surface area contributed by atoms with E-state index in [1.165, 1.54) is 49.1 Å². The van der Waals surface area contributed by atoms with E-state index in [9.17, 15) is 0 Å². The molecule has 3 heterocycles. The molecular weight excluding hydrogens is 334 g/mol. The maximum atomic E-state index is 2.58. The van der Waals surface area contributed by atoms with Crippen molar-refractivity contribution in [3.63, 3.8) is 0 Å². The highest BCUT2D eigenvalue weighted by Gasteiger charge is 2.48. The molecule has 3 aliphatic heterocycles. The molecule has 0 saturated carbocycles. The number of hydrogen-bond donors (Lipinski definition) is 0.